The van der Waals surface area contributed by atoms with Crippen LogP contribution in [0.2, 0.25) is 0 Å². The molecule has 0 aliphatic heterocycles. The van der Waals surface area contributed by atoms with Crippen LogP contribution in [0.4, 0.5) is 17.2 Å². The summed E-state index contributed by atoms with van der Waals surface area (Å²) in [5, 5.41) is 21.3. The SMILES string of the molecule is CN(C)c1ccc(NC(=O)CSc2[nH+]c(N)c(C#N)cc2C#N)cc1. The van der Waals surface area contributed by atoms with Gasteiger partial charge >= 0.3 is 0 Å². The van der Waals surface area contributed by atoms with Crippen LogP contribution in [0, 0.1) is 22.7 Å². The number of hydrogen-bond donors (Lipinski definition) is 2. The first kappa shape index (κ1) is 18.1. The van der Waals surface area contributed by atoms with Crippen LogP contribution in [-0.4, -0.2) is 25.8 Å². The Bertz CT molecular complexity index is 864. The van der Waals surface area contributed by atoms with Gasteiger partial charge in [-0.05, 0) is 30.3 Å². The highest BCUT2D eigenvalue weighted by molar-refractivity contribution is 7.99. The fourth-order valence-electron chi connectivity index (χ4n) is 2.01. The van der Waals surface area contributed by atoms with E-state index in [9.17, 15) is 4.79 Å². The molecular weight excluding hydrogens is 336 g/mol. The summed E-state index contributed by atoms with van der Waals surface area (Å²) in [5.41, 5.74) is 7.93. The van der Waals surface area contributed by atoms with Crippen LogP contribution in [0.15, 0.2) is 35.4 Å². The van der Waals surface area contributed by atoms with Gasteiger partial charge in [0.15, 0.2) is 5.03 Å². The number of nitrogens with zero attached hydrogens (tertiary/aromatic N) is 3. The highest BCUT2D eigenvalue weighted by atomic mass is 32.2. The normalized spacial score (nSPS) is 9.76. The molecule has 2 aromatic rings. The first-order chi connectivity index (χ1) is 11.9. The second-order valence-electron chi connectivity index (χ2n) is 5.34. The summed E-state index contributed by atoms with van der Waals surface area (Å²) >= 11 is 1.15. The summed E-state index contributed by atoms with van der Waals surface area (Å²) in [6, 6.07) is 12.8. The third-order valence-electron chi connectivity index (χ3n) is 3.33. The monoisotopic (exact) mass is 353 g/mol. The quantitative estimate of drug-likeness (QED) is 0.788. The number of benzene rings is 1. The Balaban J connectivity index is 2.02. The van der Waals surface area contributed by atoms with Gasteiger partial charge in [0.25, 0.3) is 5.82 Å². The van der Waals surface area contributed by atoms with Crippen molar-refractivity contribution in [1.29, 1.82) is 10.5 Å². The number of pyridine rings is 1. The molecule has 0 fully saturated rings. The molecule has 0 aliphatic carbocycles. The number of aromatic amines is 1. The number of rotatable bonds is 5. The van der Waals surface area contributed by atoms with Gasteiger partial charge in [0.2, 0.25) is 5.91 Å². The predicted octanol–water partition coefficient (Wildman–Crippen LogP) is 1.62. The van der Waals surface area contributed by atoms with Crippen molar-refractivity contribution in [1.82, 2.24) is 0 Å². The number of hydrogen-bond acceptors (Lipinski definition) is 6. The van der Waals surface area contributed by atoms with Crippen molar-refractivity contribution >= 4 is 34.9 Å². The first-order valence-corrected chi connectivity index (χ1v) is 8.29. The zero-order chi connectivity index (χ0) is 18.4. The van der Waals surface area contributed by atoms with Gasteiger partial charge in [0.05, 0.1) is 5.75 Å². The molecule has 0 unspecified atom stereocenters. The molecule has 0 spiro atoms. The number of thioether (sulfide) groups is 1. The molecular formula is C17H17N6OS+. The zero-order valence-corrected chi connectivity index (χ0v) is 14.6. The molecule has 4 N–H and O–H groups in total. The Kier molecular flexibility index (Phi) is 5.83. The molecule has 1 aromatic carbocycles. The van der Waals surface area contributed by atoms with E-state index in [-0.39, 0.29) is 28.6 Å². The molecule has 0 radical (unpaired) electrons. The maximum Gasteiger partial charge on any atom is 0.289 e. The van der Waals surface area contributed by atoms with Crippen molar-refractivity contribution in [3.05, 3.63) is 41.5 Å². The van der Waals surface area contributed by atoms with Crippen molar-refractivity contribution in [2.75, 3.05) is 35.8 Å². The number of aromatic nitrogens is 1. The van der Waals surface area contributed by atoms with E-state index in [1.165, 1.54) is 6.07 Å². The number of carbonyl (C=O) groups is 1. The Hall–Kier alpha value is -3.23. The van der Waals surface area contributed by atoms with E-state index in [1.54, 1.807) is 0 Å². The van der Waals surface area contributed by atoms with E-state index in [0.29, 0.717) is 10.7 Å². The smallest absolute Gasteiger partial charge is 0.289 e. The van der Waals surface area contributed by atoms with Crippen LogP contribution in [0.1, 0.15) is 11.1 Å². The summed E-state index contributed by atoms with van der Waals surface area (Å²) in [6.07, 6.45) is 0. The third kappa shape index (κ3) is 4.63. The molecule has 0 aliphatic rings. The number of H-pyrrole nitrogens is 1. The standard InChI is InChI=1S/C17H16N6OS/c1-23(2)14-5-3-13(4-6-14)21-15(24)10-25-17-12(9-19)7-11(8-18)16(20)22-17/h3-7H,10H2,1-2H3,(H2,20,22)(H,21,24)/p+1. The molecule has 7 nitrogen and oxygen atoms in total. The number of anilines is 3. The van der Waals surface area contributed by atoms with E-state index in [2.05, 4.69) is 10.3 Å². The average molecular weight is 353 g/mol. The second kappa shape index (κ2) is 8.04. The molecule has 2 rings (SSSR count). The summed E-state index contributed by atoms with van der Waals surface area (Å²) in [4.78, 5) is 16.9. The highest BCUT2D eigenvalue weighted by Gasteiger charge is 2.16. The lowest BCUT2D eigenvalue weighted by atomic mass is 10.2. The second-order valence-corrected chi connectivity index (χ2v) is 6.33. The van der Waals surface area contributed by atoms with E-state index in [1.807, 2.05) is 55.4 Å². The number of nitrogen functional groups attached to an aromatic ring is 1. The molecule has 1 aromatic heterocycles. The van der Waals surface area contributed by atoms with Crippen molar-refractivity contribution in [3.63, 3.8) is 0 Å². The molecule has 0 atom stereocenters. The topological polar surface area (TPSA) is 120 Å². The molecule has 8 heteroatoms. The summed E-state index contributed by atoms with van der Waals surface area (Å²) in [6.45, 7) is 0. The van der Waals surface area contributed by atoms with E-state index in [4.69, 9.17) is 16.3 Å². The van der Waals surface area contributed by atoms with Crippen LogP contribution in [0.5, 0.6) is 0 Å². The van der Waals surface area contributed by atoms with Crippen LogP contribution in [0.3, 0.4) is 0 Å². The number of carbonyl (C=O) groups excluding carboxylic acids is 1. The van der Waals surface area contributed by atoms with E-state index >= 15 is 0 Å². The number of nitrogens with two attached hydrogens (primary N) is 1. The third-order valence-corrected chi connectivity index (χ3v) is 4.34. The minimum atomic E-state index is -0.206. The Morgan fingerprint density at radius 1 is 1.24 bits per heavy atom. The fraction of sp³-hybridized carbons (Fsp3) is 0.176. The minimum Gasteiger partial charge on any atom is -0.378 e. The lowest BCUT2D eigenvalue weighted by Crippen LogP contribution is -2.19. The van der Waals surface area contributed by atoms with Crippen molar-refractivity contribution in [3.8, 4) is 12.1 Å². The van der Waals surface area contributed by atoms with Gasteiger partial charge < -0.3 is 10.2 Å². The van der Waals surface area contributed by atoms with Crippen LogP contribution in [0.25, 0.3) is 0 Å². The van der Waals surface area contributed by atoms with Gasteiger partial charge in [-0.3, -0.25) is 10.5 Å². The largest absolute Gasteiger partial charge is 0.378 e. The molecule has 0 bridgehead atoms. The summed E-state index contributed by atoms with van der Waals surface area (Å²) in [5.74, 6) is 0.0675. The van der Waals surface area contributed by atoms with Gasteiger partial charge in [-0.1, -0.05) is 11.8 Å². The van der Waals surface area contributed by atoms with Crippen molar-refractivity contribution in [2.45, 2.75) is 5.03 Å². The van der Waals surface area contributed by atoms with Crippen LogP contribution >= 0.6 is 11.8 Å². The van der Waals surface area contributed by atoms with Gasteiger partial charge in [-0.15, -0.1) is 0 Å². The van der Waals surface area contributed by atoms with Crippen LogP contribution in [-0.2, 0) is 4.79 Å². The van der Waals surface area contributed by atoms with E-state index in [0.717, 1.165) is 17.4 Å². The van der Waals surface area contributed by atoms with Gasteiger partial charge in [0, 0.05) is 25.5 Å². The Labute approximate surface area is 150 Å². The summed E-state index contributed by atoms with van der Waals surface area (Å²) < 4.78 is 0. The zero-order valence-electron chi connectivity index (χ0n) is 13.8. The maximum absolute atomic E-state index is 12.1. The van der Waals surface area contributed by atoms with Crippen LogP contribution < -0.4 is 20.9 Å². The van der Waals surface area contributed by atoms with Gasteiger partial charge in [0.1, 0.15) is 23.3 Å². The fourth-order valence-corrected chi connectivity index (χ4v) is 2.80. The molecule has 0 saturated heterocycles. The van der Waals surface area contributed by atoms with Gasteiger partial charge in [-0.25, -0.2) is 4.98 Å². The number of nitrogens with one attached hydrogen (secondary N) is 2. The lowest BCUT2D eigenvalue weighted by Gasteiger charge is -2.13. The Morgan fingerprint density at radius 2 is 1.88 bits per heavy atom. The van der Waals surface area contributed by atoms with Crippen molar-refractivity contribution in [2.24, 2.45) is 0 Å². The predicted molar refractivity (Wildman–Crippen MR) is 97.0 cm³/mol. The molecule has 25 heavy (non-hydrogen) atoms. The lowest BCUT2D eigenvalue weighted by molar-refractivity contribution is -0.410. The number of nitriles is 2. The van der Waals surface area contributed by atoms with Crippen molar-refractivity contribution < 1.29 is 9.78 Å². The highest BCUT2D eigenvalue weighted by Crippen LogP contribution is 2.21. The Morgan fingerprint density at radius 3 is 2.44 bits per heavy atom. The summed E-state index contributed by atoms with van der Waals surface area (Å²) in [7, 11) is 3.88. The molecule has 1 amide bonds. The molecule has 0 saturated carbocycles. The van der Waals surface area contributed by atoms with Gasteiger partial charge in [-0.2, -0.15) is 10.5 Å². The maximum atomic E-state index is 12.1. The first-order valence-electron chi connectivity index (χ1n) is 7.30. The number of amides is 1. The van der Waals surface area contributed by atoms with E-state index < -0.39 is 0 Å². The average Bonchev–Trinajstić information content (AvgIpc) is 2.60. The minimum absolute atomic E-state index is 0.103. The molecule has 126 valence electrons. The molecule has 1 heterocycles.